The molecule has 0 aliphatic rings. The van der Waals surface area contributed by atoms with Crippen LogP contribution in [-0.4, -0.2) is 24.1 Å². The quantitative estimate of drug-likeness (QED) is 0.817. The molecule has 0 atom stereocenters. The molecule has 15 heavy (non-hydrogen) atoms. The van der Waals surface area contributed by atoms with Gasteiger partial charge in [-0.3, -0.25) is 0 Å². The Morgan fingerprint density at radius 1 is 1.27 bits per heavy atom. The van der Waals surface area contributed by atoms with Crippen LogP contribution in [0.15, 0.2) is 18.2 Å². The molecule has 0 amide bonds. The van der Waals surface area contributed by atoms with E-state index in [1.165, 1.54) is 0 Å². The van der Waals surface area contributed by atoms with Gasteiger partial charge in [0.25, 0.3) is 0 Å². The maximum Gasteiger partial charge on any atom is 0.222 e. The van der Waals surface area contributed by atoms with E-state index in [0.29, 0.717) is 5.95 Å². The van der Waals surface area contributed by atoms with Crippen LogP contribution >= 0.6 is 22.6 Å². The lowest BCUT2D eigenvalue weighted by Crippen LogP contribution is -2.13. The van der Waals surface area contributed by atoms with Gasteiger partial charge in [-0.2, -0.15) is 4.98 Å². The SMILES string of the molecule is CN(C)c1nc(N)nc2cc(I)ccc12. The summed E-state index contributed by atoms with van der Waals surface area (Å²) in [6, 6.07) is 6.06. The number of hydrogen-bond acceptors (Lipinski definition) is 4. The molecule has 1 aromatic heterocycles. The number of hydrogen-bond donors (Lipinski definition) is 1. The van der Waals surface area contributed by atoms with Gasteiger partial charge in [0.15, 0.2) is 0 Å². The molecule has 0 saturated carbocycles. The Morgan fingerprint density at radius 2 is 2.00 bits per heavy atom. The molecule has 2 aromatic rings. The van der Waals surface area contributed by atoms with Gasteiger partial charge in [-0.05, 0) is 40.8 Å². The zero-order valence-corrected chi connectivity index (χ0v) is 10.7. The highest BCUT2D eigenvalue weighted by atomic mass is 127. The number of fused-ring (bicyclic) bond motifs is 1. The zero-order valence-electron chi connectivity index (χ0n) is 8.53. The lowest BCUT2D eigenvalue weighted by atomic mass is 10.2. The third kappa shape index (κ3) is 1.97. The topological polar surface area (TPSA) is 55.0 Å². The predicted octanol–water partition coefficient (Wildman–Crippen LogP) is 1.88. The van der Waals surface area contributed by atoms with E-state index in [1.54, 1.807) is 0 Å². The van der Waals surface area contributed by atoms with Gasteiger partial charge >= 0.3 is 0 Å². The van der Waals surface area contributed by atoms with Crippen LogP contribution in [0, 0.1) is 3.57 Å². The highest BCUT2D eigenvalue weighted by molar-refractivity contribution is 14.1. The van der Waals surface area contributed by atoms with Crippen molar-refractivity contribution < 1.29 is 0 Å². The fourth-order valence-corrected chi connectivity index (χ4v) is 1.92. The van der Waals surface area contributed by atoms with Gasteiger partial charge in [0.1, 0.15) is 5.82 Å². The highest BCUT2D eigenvalue weighted by Gasteiger charge is 2.07. The second kappa shape index (κ2) is 3.80. The number of rotatable bonds is 1. The molecule has 0 saturated heterocycles. The number of benzene rings is 1. The first-order chi connectivity index (χ1) is 7.08. The second-order valence-electron chi connectivity index (χ2n) is 3.46. The molecule has 1 aromatic carbocycles. The first-order valence-electron chi connectivity index (χ1n) is 4.48. The van der Waals surface area contributed by atoms with Gasteiger partial charge in [0.05, 0.1) is 5.52 Å². The molecule has 0 unspecified atom stereocenters. The second-order valence-corrected chi connectivity index (χ2v) is 4.71. The molecule has 2 N–H and O–H groups in total. The summed E-state index contributed by atoms with van der Waals surface area (Å²) in [7, 11) is 3.89. The van der Waals surface area contributed by atoms with E-state index in [4.69, 9.17) is 5.73 Å². The Bertz CT molecular complexity index is 505. The zero-order chi connectivity index (χ0) is 11.0. The van der Waals surface area contributed by atoms with Gasteiger partial charge in [0, 0.05) is 23.1 Å². The van der Waals surface area contributed by atoms with Crippen molar-refractivity contribution in [2.45, 2.75) is 0 Å². The number of nitrogen functional groups attached to an aromatic ring is 1. The Hall–Kier alpha value is -1.11. The molecule has 4 nitrogen and oxygen atoms in total. The van der Waals surface area contributed by atoms with E-state index in [-0.39, 0.29) is 0 Å². The first kappa shape index (κ1) is 10.4. The van der Waals surface area contributed by atoms with E-state index in [0.717, 1.165) is 20.3 Å². The molecule has 78 valence electrons. The summed E-state index contributed by atoms with van der Waals surface area (Å²) < 4.78 is 1.14. The molecule has 0 bridgehead atoms. The number of halogens is 1. The van der Waals surface area contributed by atoms with Gasteiger partial charge in [-0.1, -0.05) is 0 Å². The smallest absolute Gasteiger partial charge is 0.222 e. The molecule has 5 heteroatoms. The lowest BCUT2D eigenvalue weighted by molar-refractivity contribution is 1.07. The molecule has 0 spiro atoms. The lowest BCUT2D eigenvalue weighted by Gasteiger charge is -2.14. The summed E-state index contributed by atoms with van der Waals surface area (Å²) in [5, 5.41) is 1.02. The van der Waals surface area contributed by atoms with Gasteiger partial charge < -0.3 is 10.6 Å². The van der Waals surface area contributed by atoms with E-state index in [1.807, 2.05) is 37.2 Å². The summed E-state index contributed by atoms with van der Waals surface area (Å²) in [6.07, 6.45) is 0. The predicted molar refractivity (Wildman–Crippen MR) is 71.0 cm³/mol. The Morgan fingerprint density at radius 3 is 2.67 bits per heavy atom. The van der Waals surface area contributed by atoms with Gasteiger partial charge in [-0.25, -0.2) is 4.98 Å². The molecule has 0 aliphatic carbocycles. The Balaban J connectivity index is 2.80. The molecular weight excluding hydrogens is 303 g/mol. The van der Waals surface area contributed by atoms with Crippen LogP contribution in [-0.2, 0) is 0 Å². The fourth-order valence-electron chi connectivity index (χ4n) is 1.44. The van der Waals surface area contributed by atoms with Gasteiger partial charge in [-0.15, -0.1) is 0 Å². The Labute approximate surface area is 102 Å². The third-order valence-corrected chi connectivity index (χ3v) is 2.75. The minimum absolute atomic E-state index is 0.313. The Kier molecular flexibility index (Phi) is 2.64. The minimum atomic E-state index is 0.313. The summed E-state index contributed by atoms with van der Waals surface area (Å²) >= 11 is 2.25. The fraction of sp³-hybridized carbons (Fsp3) is 0.200. The van der Waals surface area contributed by atoms with Crippen molar-refractivity contribution in [2.24, 2.45) is 0 Å². The van der Waals surface area contributed by atoms with Crippen molar-refractivity contribution in [3.05, 3.63) is 21.8 Å². The molecule has 1 heterocycles. The van der Waals surface area contributed by atoms with Gasteiger partial charge in [0.2, 0.25) is 5.95 Å². The van der Waals surface area contributed by atoms with Crippen molar-refractivity contribution >= 4 is 45.3 Å². The normalized spacial score (nSPS) is 10.6. The average molecular weight is 314 g/mol. The van der Waals surface area contributed by atoms with Crippen LogP contribution in [0.3, 0.4) is 0 Å². The van der Waals surface area contributed by atoms with Crippen molar-refractivity contribution in [3.8, 4) is 0 Å². The van der Waals surface area contributed by atoms with Crippen LogP contribution in [0.5, 0.6) is 0 Å². The van der Waals surface area contributed by atoms with Crippen LogP contribution in [0.4, 0.5) is 11.8 Å². The van der Waals surface area contributed by atoms with Crippen molar-refractivity contribution in [2.75, 3.05) is 24.7 Å². The van der Waals surface area contributed by atoms with E-state index >= 15 is 0 Å². The highest BCUT2D eigenvalue weighted by Crippen LogP contribution is 2.24. The summed E-state index contributed by atoms with van der Waals surface area (Å²) in [4.78, 5) is 10.4. The largest absolute Gasteiger partial charge is 0.368 e. The molecule has 0 aliphatic heterocycles. The minimum Gasteiger partial charge on any atom is -0.368 e. The molecule has 0 fully saturated rings. The number of aromatic nitrogens is 2. The van der Waals surface area contributed by atoms with Crippen LogP contribution < -0.4 is 10.6 Å². The van der Waals surface area contributed by atoms with Crippen LogP contribution in [0.2, 0.25) is 0 Å². The number of anilines is 2. The van der Waals surface area contributed by atoms with Crippen LogP contribution in [0.1, 0.15) is 0 Å². The standard InChI is InChI=1S/C10H11IN4/c1-15(2)9-7-4-3-6(11)5-8(7)13-10(12)14-9/h3-5H,1-2H3,(H2,12,13,14). The van der Waals surface area contributed by atoms with E-state index in [2.05, 4.69) is 32.6 Å². The van der Waals surface area contributed by atoms with Crippen LogP contribution in [0.25, 0.3) is 10.9 Å². The van der Waals surface area contributed by atoms with Crippen molar-refractivity contribution in [1.82, 2.24) is 9.97 Å². The number of nitrogens with zero attached hydrogens (tertiary/aromatic N) is 3. The summed E-state index contributed by atoms with van der Waals surface area (Å²) in [5.41, 5.74) is 6.55. The maximum atomic E-state index is 5.66. The maximum absolute atomic E-state index is 5.66. The van der Waals surface area contributed by atoms with Crippen molar-refractivity contribution in [3.63, 3.8) is 0 Å². The molecule has 0 radical (unpaired) electrons. The molecule has 2 rings (SSSR count). The van der Waals surface area contributed by atoms with E-state index in [9.17, 15) is 0 Å². The first-order valence-corrected chi connectivity index (χ1v) is 5.56. The van der Waals surface area contributed by atoms with E-state index < -0.39 is 0 Å². The summed E-state index contributed by atoms with van der Waals surface area (Å²) in [5.74, 6) is 1.17. The summed E-state index contributed by atoms with van der Waals surface area (Å²) in [6.45, 7) is 0. The average Bonchev–Trinajstić information content (AvgIpc) is 2.15. The van der Waals surface area contributed by atoms with Crippen molar-refractivity contribution in [1.29, 1.82) is 0 Å². The monoisotopic (exact) mass is 314 g/mol. The number of nitrogens with two attached hydrogens (primary N) is 1. The molecular formula is C10H11IN4. The third-order valence-electron chi connectivity index (χ3n) is 2.08.